The molecule has 0 N–H and O–H groups in total. The van der Waals surface area contributed by atoms with Crippen LogP contribution in [0.25, 0.3) is 16.7 Å². The predicted molar refractivity (Wildman–Crippen MR) is 112 cm³/mol. The van der Waals surface area contributed by atoms with Crippen molar-refractivity contribution in [3.05, 3.63) is 35.9 Å². The summed E-state index contributed by atoms with van der Waals surface area (Å²) in [7, 11) is 2.73. The zero-order chi connectivity index (χ0) is 21.0. The van der Waals surface area contributed by atoms with Gasteiger partial charge in [0.1, 0.15) is 22.7 Å². The van der Waals surface area contributed by atoms with Gasteiger partial charge in [-0.1, -0.05) is 11.3 Å². The van der Waals surface area contributed by atoms with Crippen LogP contribution in [-0.2, 0) is 9.31 Å². The average Bonchev–Trinajstić information content (AvgIpc) is 3.18. The van der Waals surface area contributed by atoms with Crippen molar-refractivity contribution in [3.63, 3.8) is 0 Å². The molecule has 152 valence electrons. The second-order valence-electron chi connectivity index (χ2n) is 8.35. The number of ether oxygens (including phenoxy) is 2. The van der Waals surface area contributed by atoms with Crippen molar-refractivity contribution in [2.24, 2.45) is 0 Å². The van der Waals surface area contributed by atoms with Gasteiger partial charge in [-0.15, -0.1) is 5.10 Å². The third kappa shape index (κ3) is 3.16. The summed E-state index contributed by atoms with van der Waals surface area (Å²) in [6.07, 6.45) is 0. The summed E-state index contributed by atoms with van der Waals surface area (Å²) < 4.78 is 25.4. The molecule has 1 fully saturated rings. The van der Waals surface area contributed by atoms with E-state index in [0.29, 0.717) is 11.5 Å². The molecule has 0 saturated carbocycles. The fraction of sp³-hybridized carbons (Fsp3) is 0.429. The number of fused-ring (bicyclic) bond motifs is 1. The van der Waals surface area contributed by atoms with Gasteiger partial charge in [0.25, 0.3) is 0 Å². The maximum Gasteiger partial charge on any atom is 0.497 e. The van der Waals surface area contributed by atoms with Crippen molar-refractivity contribution < 1.29 is 18.8 Å². The molecule has 4 rings (SSSR count). The summed E-state index contributed by atoms with van der Waals surface area (Å²) in [6, 6.07) is 9.64. The second-order valence-corrected chi connectivity index (χ2v) is 8.35. The van der Waals surface area contributed by atoms with Crippen LogP contribution in [-0.4, -0.2) is 47.5 Å². The molecule has 0 amide bonds. The van der Waals surface area contributed by atoms with Crippen molar-refractivity contribution in [3.8, 4) is 17.2 Å². The smallest absolute Gasteiger partial charge is 0.497 e. The van der Waals surface area contributed by atoms with E-state index in [1.165, 1.54) is 0 Å². The van der Waals surface area contributed by atoms with E-state index in [1.54, 1.807) is 18.9 Å². The molecule has 8 heteroatoms. The number of methoxy groups -OCH3 is 2. The number of benzene rings is 2. The Morgan fingerprint density at radius 3 is 2.28 bits per heavy atom. The van der Waals surface area contributed by atoms with E-state index < -0.39 is 18.3 Å². The second kappa shape index (κ2) is 6.74. The number of aromatic nitrogens is 3. The largest absolute Gasteiger partial charge is 0.497 e. The molecule has 3 aromatic rings. The van der Waals surface area contributed by atoms with Crippen molar-refractivity contribution in [2.75, 3.05) is 14.2 Å². The first kappa shape index (κ1) is 19.7. The maximum atomic E-state index is 6.33. The predicted octanol–water partition coefficient (Wildman–Crippen LogP) is 3.05. The van der Waals surface area contributed by atoms with Gasteiger partial charge in [0.05, 0.1) is 30.9 Å². The summed E-state index contributed by atoms with van der Waals surface area (Å²) in [6.45, 7) is 10.2. The van der Waals surface area contributed by atoms with Crippen LogP contribution >= 0.6 is 0 Å². The fourth-order valence-electron chi connectivity index (χ4n) is 3.51. The van der Waals surface area contributed by atoms with E-state index in [-0.39, 0.29) is 0 Å². The molecule has 0 radical (unpaired) electrons. The number of hydrogen-bond acceptors (Lipinski definition) is 6. The van der Waals surface area contributed by atoms with Gasteiger partial charge in [0.15, 0.2) is 0 Å². The van der Waals surface area contributed by atoms with E-state index in [2.05, 4.69) is 16.4 Å². The highest BCUT2D eigenvalue weighted by Crippen LogP contribution is 2.37. The SMILES string of the molecule is COc1ccc(OC)c(-n2nnc3cc(C)cc(B4OC(C)(C)C(C)(C)O4)c32)c1. The number of hydrogen-bond donors (Lipinski definition) is 0. The van der Waals surface area contributed by atoms with Crippen molar-refractivity contribution in [1.82, 2.24) is 15.0 Å². The minimum Gasteiger partial charge on any atom is -0.497 e. The summed E-state index contributed by atoms with van der Waals surface area (Å²) in [5.41, 5.74) is 3.37. The standard InChI is InChI=1S/C21H26BN3O4/c1-13-10-15(22-28-20(2,3)21(4,5)29-22)19-16(11-13)23-24-25(19)17-12-14(26-6)8-9-18(17)27-7/h8-12H,1-7H3. The lowest BCUT2D eigenvalue weighted by molar-refractivity contribution is 0.00578. The van der Waals surface area contributed by atoms with Crippen LogP contribution in [0.4, 0.5) is 0 Å². The number of rotatable bonds is 4. The maximum absolute atomic E-state index is 6.33. The molecule has 2 aromatic carbocycles. The van der Waals surface area contributed by atoms with Crippen LogP contribution in [0, 0.1) is 6.92 Å². The molecule has 2 heterocycles. The number of aryl methyl sites for hydroxylation is 1. The highest BCUT2D eigenvalue weighted by atomic mass is 16.7. The van der Waals surface area contributed by atoms with Crippen LogP contribution in [0.15, 0.2) is 30.3 Å². The highest BCUT2D eigenvalue weighted by molar-refractivity contribution is 6.65. The van der Waals surface area contributed by atoms with Crippen LogP contribution in [0.2, 0.25) is 0 Å². The van der Waals surface area contributed by atoms with Gasteiger partial charge in [0.2, 0.25) is 0 Å². The van der Waals surface area contributed by atoms with E-state index in [4.69, 9.17) is 18.8 Å². The monoisotopic (exact) mass is 395 g/mol. The van der Waals surface area contributed by atoms with Crippen LogP contribution in [0.5, 0.6) is 11.5 Å². The highest BCUT2D eigenvalue weighted by Gasteiger charge is 2.52. The first-order valence-corrected chi connectivity index (χ1v) is 9.61. The fourth-order valence-corrected chi connectivity index (χ4v) is 3.51. The molecule has 0 atom stereocenters. The zero-order valence-electron chi connectivity index (χ0n) is 17.9. The Kier molecular flexibility index (Phi) is 4.59. The van der Waals surface area contributed by atoms with E-state index in [1.807, 2.05) is 58.9 Å². The molecule has 0 spiro atoms. The Balaban J connectivity index is 1.94. The summed E-state index contributed by atoms with van der Waals surface area (Å²) in [5, 5.41) is 8.81. The molecule has 7 nitrogen and oxygen atoms in total. The Morgan fingerprint density at radius 1 is 0.966 bits per heavy atom. The Bertz CT molecular complexity index is 1060. The van der Waals surface area contributed by atoms with Gasteiger partial charge in [-0.25, -0.2) is 4.68 Å². The van der Waals surface area contributed by atoms with Crippen LogP contribution in [0.3, 0.4) is 0 Å². The van der Waals surface area contributed by atoms with E-state index in [9.17, 15) is 0 Å². The minimum absolute atomic E-state index is 0.445. The van der Waals surface area contributed by atoms with Gasteiger partial charge in [-0.05, 0) is 58.4 Å². The summed E-state index contributed by atoms with van der Waals surface area (Å²) in [5.74, 6) is 1.37. The first-order chi connectivity index (χ1) is 13.7. The van der Waals surface area contributed by atoms with Gasteiger partial charge in [-0.3, -0.25) is 0 Å². The lowest BCUT2D eigenvalue weighted by atomic mass is 9.77. The number of nitrogens with zero attached hydrogens (tertiary/aromatic N) is 3. The third-order valence-corrected chi connectivity index (χ3v) is 5.84. The van der Waals surface area contributed by atoms with Gasteiger partial charge < -0.3 is 18.8 Å². The Morgan fingerprint density at radius 2 is 1.66 bits per heavy atom. The quantitative estimate of drug-likeness (QED) is 0.633. The van der Waals surface area contributed by atoms with Crippen molar-refractivity contribution in [1.29, 1.82) is 0 Å². The Labute approximate surface area is 171 Å². The normalized spacial score (nSPS) is 17.7. The van der Waals surface area contributed by atoms with E-state index in [0.717, 1.165) is 27.7 Å². The zero-order valence-corrected chi connectivity index (χ0v) is 17.9. The van der Waals surface area contributed by atoms with Gasteiger partial charge in [-0.2, -0.15) is 0 Å². The lowest BCUT2D eigenvalue weighted by Crippen LogP contribution is -2.41. The van der Waals surface area contributed by atoms with Crippen molar-refractivity contribution >= 4 is 23.6 Å². The molecule has 1 saturated heterocycles. The third-order valence-electron chi connectivity index (χ3n) is 5.84. The minimum atomic E-state index is -0.531. The summed E-state index contributed by atoms with van der Waals surface area (Å²) in [4.78, 5) is 0. The molecule has 1 aliphatic heterocycles. The summed E-state index contributed by atoms with van der Waals surface area (Å²) >= 11 is 0. The molecular formula is C21H26BN3O4. The molecule has 29 heavy (non-hydrogen) atoms. The molecule has 0 aliphatic carbocycles. The lowest BCUT2D eigenvalue weighted by Gasteiger charge is -2.32. The van der Waals surface area contributed by atoms with Gasteiger partial charge in [0, 0.05) is 11.5 Å². The molecule has 1 aromatic heterocycles. The van der Waals surface area contributed by atoms with Crippen LogP contribution in [0.1, 0.15) is 33.3 Å². The molecule has 0 unspecified atom stereocenters. The van der Waals surface area contributed by atoms with E-state index >= 15 is 0 Å². The van der Waals surface area contributed by atoms with Crippen molar-refractivity contribution in [2.45, 2.75) is 45.8 Å². The Hall–Kier alpha value is -2.58. The molecule has 1 aliphatic rings. The first-order valence-electron chi connectivity index (χ1n) is 9.61. The average molecular weight is 395 g/mol. The molecular weight excluding hydrogens is 369 g/mol. The topological polar surface area (TPSA) is 67.6 Å². The van der Waals surface area contributed by atoms with Gasteiger partial charge >= 0.3 is 7.12 Å². The van der Waals surface area contributed by atoms with Crippen LogP contribution < -0.4 is 14.9 Å². The molecule has 0 bridgehead atoms.